The quantitative estimate of drug-likeness (QED) is 0.712. The monoisotopic (exact) mass is 333 g/mol. The van der Waals surface area contributed by atoms with Gasteiger partial charge in [0.1, 0.15) is 0 Å². The number of aromatic nitrogens is 3. The molecule has 128 valence electrons. The van der Waals surface area contributed by atoms with E-state index >= 15 is 0 Å². The number of hydrogen-bond acceptors (Lipinski definition) is 5. The molecule has 0 radical (unpaired) electrons. The maximum absolute atomic E-state index is 4.63. The van der Waals surface area contributed by atoms with Gasteiger partial charge in [0.25, 0.3) is 5.95 Å². The predicted octanol–water partition coefficient (Wildman–Crippen LogP) is 4.64. The number of nitrogens with zero attached hydrogens (tertiary/aromatic N) is 4. The third-order valence-corrected chi connectivity index (χ3v) is 4.05. The van der Waals surface area contributed by atoms with E-state index in [9.17, 15) is 0 Å². The minimum absolute atomic E-state index is 0.586. The molecule has 0 bridgehead atoms. The van der Waals surface area contributed by atoms with E-state index in [1.165, 1.54) is 11.1 Å². The van der Waals surface area contributed by atoms with Gasteiger partial charge in [-0.3, -0.25) is 0 Å². The summed E-state index contributed by atoms with van der Waals surface area (Å²) in [6.45, 7) is 7.07. The molecular formula is C20H23N5. The van der Waals surface area contributed by atoms with Gasteiger partial charge in [0.15, 0.2) is 5.82 Å². The van der Waals surface area contributed by atoms with E-state index in [2.05, 4.69) is 83.7 Å². The molecule has 0 fully saturated rings. The van der Waals surface area contributed by atoms with Crippen molar-refractivity contribution in [1.29, 1.82) is 0 Å². The standard InChI is InChI=1S/C20H23N5/c1-4-16-9-11-17(12-10-16)22-19-14-21-24-20(23-19)25(5-2)18-8-6-7-15(3)13-18/h6-14H,4-5H2,1-3H3,(H,22,23,24). The molecular weight excluding hydrogens is 310 g/mol. The summed E-state index contributed by atoms with van der Waals surface area (Å²) in [6.07, 6.45) is 2.67. The molecule has 3 rings (SSSR count). The van der Waals surface area contributed by atoms with Crippen LogP contribution in [0.3, 0.4) is 0 Å². The fraction of sp³-hybridized carbons (Fsp3) is 0.250. The Balaban J connectivity index is 1.84. The Morgan fingerprint density at radius 2 is 1.84 bits per heavy atom. The summed E-state index contributed by atoms with van der Waals surface area (Å²) >= 11 is 0. The Labute approximate surface area is 148 Å². The molecule has 5 nitrogen and oxygen atoms in total. The molecule has 0 amide bonds. The van der Waals surface area contributed by atoms with Crippen LogP contribution in [-0.4, -0.2) is 21.7 Å². The Morgan fingerprint density at radius 3 is 2.52 bits per heavy atom. The third-order valence-electron chi connectivity index (χ3n) is 4.05. The fourth-order valence-electron chi connectivity index (χ4n) is 2.68. The van der Waals surface area contributed by atoms with Crippen LogP contribution in [-0.2, 0) is 6.42 Å². The van der Waals surface area contributed by atoms with Crippen LogP contribution in [0.15, 0.2) is 54.7 Å². The lowest BCUT2D eigenvalue weighted by Gasteiger charge is -2.21. The van der Waals surface area contributed by atoms with Crippen LogP contribution in [0.2, 0.25) is 0 Å². The highest BCUT2D eigenvalue weighted by molar-refractivity contribution is 5.61. The highest BCUT2D eigenvalue weighted by Crippen LogP contribution is 2.23. The molecule has 0 atom stereocenters. The maximum atomic E-state index is 4.63. The van der Waals surface area contributed by atoms with Gasteiger partial charge < -0.3 is 10.2 Å². The van der Waals surface area contributed by atoms with Crippen LogP contribution >= 0.6 is 0 Å². The smallest absolute Gasteiger partial charge is 0.251 e. The first-order chi connectivity index (χ1) is 12.2. The zero-order valence-electron chi connectivity index (χ0n) is 14.9. The van der Waals surface area contributed by atoms with E-state index in [-0.39, 0.29) is 0 Å². The minimum Gasteiger partial charge on any atom is -0.339 e. The number of benzene rings is 2. The summed E-state index contributed by atoms with van der Waals surface area (Å²) in [5.74, 6) is 1.27. The van der Waals surface area contributed by atoms with Crippen molar-refractivity contribution >= 4 is 23.1 Å². The van der Waals surface area contributed by atoms with E-state index in [1.807, 2.05) is 11.0 Å². The lowest BCUT2D eigenvalue weighted by atomic mass is 10.1. The average molecular weight is 333 g/mol. The van der Waals surface area contributed by atoms with E-state index in [4.69, 9.17) is 0 Å². The van der Waals surface area contributed by atoms with Gasteiger partial charge in [-0.2, -0.15) is 10.1 Å². The van der Waals surface area contributed by atoms with Gasteiger partial charge in [-0.15, -0.1) is 5.10 Å². The van der Waals surface area contributed by atoms with Crippen molar-refractivity contribution in [3.05, 3.63) is 65.9 Å². The van der Waals surface area contributed by atoms with E-state index < -0.39 is 0 Å². The Morgan fingerprint density at radius 1 is 1.04 bits per heavy atom. The molecule has 0 saturated carbocycles. The van der Waals surface area contributed by atoms with Crippen molar-refractivity contribution in [2.45, 2.75) is 27.2 Å². The molecule has 0 aliphatic heterocycles. The van der Waals surface area contributed by atoms with Crippen molar-refractivity contribution in [3.8, 4) is 0 Å². The van der Waals surface area contributed by atoms with E-state index in [0.717, 1.165) is 24.3 Å². The molecule has 5 heteroatoms. The van der Waals surface area contributed by atoms with Crippen molar-refractivity contribution < 1.29 is 0 Å². The number of nitrogens with one attached hydrogen (secondary N) is 1. The normalized spacial score (nSPS) is 10.5. The minimum atomic E-state index is 0.586. The zero-order valence-corrected chi connectivity index (χ0v) is 14.9. The molecule has 0 unspecified atom stereocenters. The molecule has 1 aromatic heterocycles. The highest BCUT2D eigenvalue weighted by atomic mass is 15.3. The van der Waals surface area contributed by atoms with Crippen LogP contribution in [0, 0.1) is 6.92 Å². The third kappa shape index (κ3) is 4.12. The van der Waals surface area contributed by atoms with Gasteiger partial charge in [0.05, 0.1) is 6.20 Å². The van der Waals surface area contributed by atoms with Crippen molar-refractivity contribution in [1.82, 2.24) is 15.2 Å². The summed E-state index contributed by atoms with van der Waals surface area (Å²) in [4.78, 5) is 6.68. The van der Waals surface area contributed by atoms with Gasteiger partial charge >= 0.3 is 0 Å². The van der Waals surface area contributed by atoms with E-state index in [1.54, 1.807) is 6.20 Å². The second-order valence-corrected chi connectivity index (χ2v) is 5.90. The summed E-state index contributed by atoms with van der Waals surface area (Å²) in [5, 5.41) is 11.6. The summed E-state index contributed by atoms with van der Waals surface area (Å²) in [5.41, 5.74) is 4.56. The van der Waals surface area contributed by atoms with Crippen molar-refractivity contribution in [2.24, 2.45) is 0 Å². The van der Waals surface area contributed by atoms with Crippen molar-refractivity contribution in [2.75, 3.05) is 16.8 Å². The average Bonchev–Trinajstić information content (AvgIpc) is 2.63. The van der Waals surface area contributed by atoms with Gasteiger partial charge in [-0.25, -0.2) is 0 Å². The van der Waals surface area contributed by atoms with Crippen LogP contribution < -0.4 is 10.2 Å². The number of hydrogen-bond donors (Lipinski definition) is 1. The van der Waals surface area contributed by atoms with Gasteiger partial charge in [0.2, 0.25) is 0 Å². The topological polar surface area (TPSA) is 53.9 Å². The lowest BCUT2D eigenvalue weighted by Crippen LogP contribution is -2.19. The maximum Gasteiger partial charge on any atom is 0.251 e. The number of anilines is 4. The van der Waals surface area contributed by atoms with Crippen LogP contribution in [0.5, 0.6) is 0 Å². The Hall–Kier alpha value is -2.95. The summed E-state index contributed by atoms with van der Waals surface area (Å²) < 4.78 is 0. The molecule has 0 aliphatic rings. The second-order valence-electron chi connectivity index (χ2n) is 5.90. The molecule has 2 aromatic carbocycles. The Kier molecular flexibility index (Phi) is 5.23. The van der Waals surface area contributed by atoms with E-state index in [0.29, 0.717) is 11.8 Å². The lowest BCUT2D eigenvalue weighted by molar-refractivity contribution is 0.886. The first-order valence-electron chi connectivity index (χ1n) is 8.59. The Bertz CT molecular complexity index is 829. The van der Waals surface area contributed by atoms with Crippen LogP contribution in [0.1, 0.15) is 25.0 Å². The SMILES string of the molecule is CCc1ccc(Nc2cnnc(N(CC)c3cccc(C)c3)n2)cc1. The molecule has 0 saturated heterocycles. The molecule has 3 aromatic rings. The number of aryl methyl sites for hydroxylation is 2. The number of rotatable bonds is 6. The second kappa shape index (κ2) is 7.75. The zero-order chi connectivity index (χ0) is 17.6. The summed E-state index contributed by atoms with van der Waals surface area (Å²) in [7, 11) is 0. The summed E-state index contributed by atoms with van der Waals surface area (Å²) in [6, 6.07) is 16.6. The molecule has 25 heavy (non-hydrogen) atoms. The first kappa shape index (κ1) is 16.9. The molecule has 0 aliphatic carbocycles. The van der Waals surface area contributed by atoms with Crippen LogP contribution in [0.4, 0.5) is 23.1 Å². The molecule has 1 heterocycles. The fourth-order valence-corrected chi connectivity index (χ4v) is 2.68. The molecule has 1 N–H and O–H groups in total. The first-order valence-corrected chi connectivity index (χ1v) is 8.59. The largest absolute Gasteiger partial charge is 0.339 e. The predicted molar refractivity (Wildman–Crippen MR) is 103 cm³/mol. The highest BCUT2D eigenvalue weighted by Gasteiger charge is 2.12. The van der Waals surface area contributed by atoms with Crippen LogP contribution in [0.25, 0.3) is 0 Å². The van der Waals surface area contributed by atoms with Gasteiger partial charge in [0, 0.05) is 17.9 Å². The van der Waals surface area contributed by atoms with Crippen molar-refractivity contribution in [3.63, 3.8) is 0 Å². The molecule has 0 spiro atoms. The van der Waals surface area contributed by atoms with Gasteiger partial charge in [-0.1, -0.05) is 31.2 Å². The van der Waals surface area contributed by atoms with Gasteiger partial charge in [-0.05, 0) is 55.7 Å².